The second-order valence-corrected chi connectivity index (χ2v) is 4.25. The Morgan fingerprint density at radius 2 is 2.22 bits per heavy atom. The molecule has 1 aromatic heterocycles. The average Bonchev–Trinajstić information content (AvgIpc) is 2.91. The van der Waals surface area contributed by atoms with Crippen molar-refractivity contribution in [3.63, 3.8) is 0 Å². The molecule has 0 radical (unpaired) electrons. The van der Waals surface area contributed by atoms with E-state index in [0.717, 1.165) is 17.0 Å². The third kappa shape index (κ3) is 1.76. The van der Waals surface area contributed by atoms with Gasteiger partial charge in [0, 0.05) is 0 Å². The summed E-state index contributed by atoms with van der Waals surface area (Å²) in [6.07, 6.45) is 1.50. The van der Waals surface area contributed by atoms with Gasteiger partial charge in [0.15, 0.2) is 5.76 Å². The molecular weight excluding hydrogens is 230 g/mol. The quantitative estimate of drug-likeness (QED) is 0.773. The predicted molar refractivity (Wildman–Crippen MR) is 67.1 cm³/mol. The lowest BCUT2D eigenvalue weighted by Gasteiger charge is -2.29. The van der Waals surface area contributed by atoms with Gasteiger partial charge in [-0.1, -0.05) is 6.07 Å². The Kier molecular flexibility index (Phi) is 2.55. The minimum atomic E-state index is -0.129. The number of hydrogen-bond donors (Lipinski definition) is 0. The number of amides is 1. The van der Waals surface area contributed by atoms with Crippen LogP contribution in [0.25, 0.3) is 0 Å². The van der Waals surface area contributed by atoms with Crippen molar-refractivity contribution in [2.75, 3.05) is 18.1 Å². The van der Waals surface area contributed by atoms with Crippen molar-refractivity contribution in [1.29, 1.82) is 0 Å². The minimum absolute atomic E-state index is 0.129. The first kappa shape index (κ1) is 10.9. The molecule has 0 unspecified atom stereocenters. The molecule has 0 aliphatic carbocycles. The molecule has 0 bridgehead atoms. The predicted octanol–water partition coefficient (Wildman–Crippen LogP) is 2.63. The fraction of sp³-hybridized carbons (Fsp3) is 0.214. The van der Waals surface area contributed by atoms with Gasteiger partial charge in [-0.3, -0.25) is 9.69 Å². The topological polar surface area (TPSA) is 42.7 Å². The largest absolute Gasteiger partial charge is 0.490 e. The van der Waals surface area contributed by atoms with E-state index in [4.69, 9.17) is 9.15 Å². The second kappa shape index (κ2) is 4.22. The van der Waals surface area contributed by atoms with E-state index in [0.29, 0.717) is 18.9 Å². The molecule has 1 aliphatic heterocycles. The van der Waals surface area contributed by atoms with Gasteiger partial charge < -0.3 is 9.15 Å². The first-order valence-corrected chi connectivity index (χ1v) is 5.84. The Bertz CT molecular complexity index is 575. The van der Waals surface area contributed by atoms with Gasteiger partial charge in [0.2, 0.25) is 0 Å². The summed E-state index contributed by atoms with van der Waals surface area (Å²) in [5, 5.41) is 0. The second-order valence-electron chi connectivity index (χ2n) is 4.25. The van der Waals surface area contributed by atoms with Crippen LogP contribution in [0.3, 0.4) is 0 Å². The van der Waals surface area contributed by atoms with Crippen LogP contribution in [-0.2, 0) is 0 Å². The Morgan fingerprint density at radius 1 is 1.33 bits per heavy atom. The van der Waals surface area contributed by atoms with E-state index in [1.54, 1.807) is 17.0 Å². The van der Waals surface area contributed by atoms with E-state index >= 15 is 0 Å². The zero-order chi connectivity index (χ0) is 12.5. The Hall–Kier alpha value is -2.23. The van der Waals surface area contributed by atoms with Crippen LogP contribution in [0.15, 0.2) is 41.0 Å². The summed E-state index contributed by atoms with van der Waals surface area (Å²) >= 11 is 0. The maximum Gasteiger partial charge on any atom is 0.294 e. The lowest BCUT2D eigenvalue weighted by atomic mass is 10.1. The molecule has 0 fully saturated rings. The highest BCUT2D eigenvalue weighted by Crippen LogP contribution is 2.33. The Labute approximate surface area is 105 Å². The highest BCUT2D eigenvalue weighted by Gasteiger charge is 2.26. The standard InChI is InChI=1S/C14H13NO3/c1-10-4-5-12-11(9-10)15(6-8-18-12)14(16)13-3-2-7-17-13/h2-5,7,9H,6,8H2,1H3. The number of carbonyl (C=O) groups excluding carboxylic acids is 1. The van der Waals surface area contributed by atoms with E-state index in [2.05, 4.69) is 0 Å². The normalized spacial score (nSPS) is 13.9. The van der Waals surface area contributed by atoms with Crippen molar-refractivity contribution in [3.05, 3.63) is 47.9 Å². The van der Waals surface area contributed by atoms with E-state index in [1.165, 1.54) is 6.26 Å². The maximum absolute atomic E-state index is 12.3. The van der Waals surface area contributed by atoms with Gasteiger partial charge in [-0.2, -0.15) is 0 Å². The smallest absolute Gasteiger partial charge is 0.294 e. The monoisotopic (exact) mass is 243 g/mol. The molecule has 0 atom stereocenters. The summed E-state index contributed by atoms with van der Waals surface area (Å²) in [6.45, 7) is 3.03. The number of hydrogen-bond acceptors (Lipinski definition) is 3. The molecule has 0 spiro atoms. The van der Waals surface area contributed by atoms with Gasteiger partial charge >= 0.3 is 0 Å². The zero-order valence-corrected chi connectivity index (χ0v) is 10.1. The first-order chi connectivity index (χ1) is 8.75. The molecule has 4 heteroatoms. The minimum Gasteiger partial charge on any atom is -0.490 e. The van der Waals surface area contributed by atoms with E-state index in [-0.39, 0.29) is 5.91 Å². The number of furan rings is 1. The van der Waals surface area contributed by atoms with E-state index < -0.39 is 0 Å². The molecule has 0 N–H and O–H groups in total. The fourth-order valence-electron chi connectivity index (χ4n) is 2.07. The van der Waals surface area contributed by atoms with Crippen LogP contribution in [0.1, 0.15) is 16.1 Å². The number of rotatable bonds is 1. The van der Waals surface area contributed by atoms with Crippen LogP contribution in [-0.4, -0.2) is 19.1 Å². The van der Waals surface area contributed by atoms with Crippen molar-refractivity contribution >= 4 is 11.6 Å². The SMILES string of the molecule is Cc1ccc2c(c1)N(C(=O)c1ccco1)CCO2. The van der Waals surface area contributed by atoms with Crippen LogP contribution >= 0.6 is 0 Å². The fourth-order valence-corrected chi connectivity index (χ4v) is 2.07. The third-order valence-electron chi connectivity index (χ3n) is 2.95. The number of ether oxygens (including phenoxy) is 1. The number of benzene rings is 1. The average molecular weight is 243 g/mol. The van der Waals surface area contributed by atoms with Gasteiger partial charge in [-0.25, -0.2) is 0 Å². The highest BCUT2D eigenvalue weighted by molar-refractivity contribution is 6.05. The summed E-state index contributed by atoms with van der Waals surface area (Å²) in [6, 6.07) is 9.21. The summed E-state index contributed by atoms with van der Waals surface area (Å²) in [5.74, 6) is 0.964. The van der Waals surface area contributed by atoms with Gasteiger partial charge in [-0.05, 0) is 36.8 Å². The molecule has 0 saturated carbocycles. The molecule has 18 heavy (non-hydrogen) atoms. The van der Waals surface area contributed by atoms with Crippen molar-refractivity contribution in [1.82, 2.24) is 0 Å². The molecule has 3 rings (SSSR count). The summed E-state index contributed by atoms with van der Waals surface area (Å²) in [5.41, 5.74) is 1.90. The van der Waals surface area contributed by atoms with E-state index in [1.807, 2.05) is 25.1 Å². The van der Waals surface area contributed by atoms with Gasteiger partial charge in [0.05, 0.1) is 18.5 Å². The van der Waals surface area contributed by atoms with Crippen molar-refractivity contribution in [2.45, 2.75) is 6.92 Å². The van der Waals surface area contributed by atoms with Gasteiger partial charge in [-0.15, -0.1) is 0 Å². The summed E-state index contributed by atoms with van der Waals surface area (Å²) < 4.78 is 10.7. The van der Waals surface area contributed by atoms with Crippen LogP contribution in [0.4, 0.5) is 5.69 Å². The maximum atomic E-state index is 12.3. The number of aryl methyl sites for hydroxylation is 1. The van der Waals surface area contributed by atoms with E-state index in [9.17, 15) is 4.79 Å². The number of anilines is 1. The Balaban J connectivity index is 2.01. The number of nitrogens with zero attached hydrogens (tertiary/aromatic N) is 1. The number of fused-ring (bicyclic) bond motifs is 1. The summed E-state index contributed by atoms with van der Waals surface area (Å²) in [7, 11) is 0. The first-order valence-electron chi connectivity index (χ1n) is 5.84. The molecular formula is C14H13NO3. The van der Waals surface area contributed by atoms with Crippen LogP contribution in [0.5, 0.6) is 5.75 Å². The molecule has 2 heterocycles. The van der Waals surface area contributed by atoms with Gasteiger partial charge in [0.1, 0.15) is 12.4 Å². The lowest BCUT2D eigenvalue weighted by molar-refractivity contribution is 0.0950. The van der Waals surface area contributed by atoms with Gasteiger partial charge in [0.25, 0.3) is 5.91 Å². The summed E-state index contributed by atoms with van der Waals surface area (Å²) in [4.78, 5) is 14.0. The molecule has 1 aliphatic rings. The molecule has 1 aromatic carbocycles. The van der Waals surface area contributed by atoms with Crippen molar-refractivity contribution in [3.8, 4) is 5.75 Å². The van der Waals surface area contributed by atoms with Crippen LogP contribution in [0.2, 0.25) is 0 Å². The van der Waals surface area contributed by atoms with Crippen molar-refractivity contribution in [2.24, 2.45) is 0 Å². The van der Waals surface area contributed by atoms with Crippen LogP contribution in [0, 0.1) is 6.92 Å². The number of carbonyl (C=O) groups is 1. The highest BCUT2D eigenvalue weighted by atomic mass is 16.5. The molecule has 1 amide bonds. The molecule has 92 valence electrons. The van der Waals surface area contributed by atoms with Crippen LogP contribution < -0.4 is 9.64 Å². The zero-order valence-electron chi connectivity index (χ0n) is 10.1. The third-order valence-corrected chi connectivity index (χ3v) is 2.95. The van der Waals surface area contributed by atoms with Crippen molar-refractivity contribution < 1.29 is 13.9 Å². The Morgan fingerprint density at radius 3 is 3.00 bits per heavy atom. The molecule has 0 saturated heterocycles. The molecule has 2 aromatic rings. The lowest BCUT2D eigenvalue weighted by Crippen LogP contribution is -2.37. The molecule has 4 nitrogen and oxygen atoms in total.